The Kier molecular flexibility index (Phi) is 4.64. The van der Waals surface area contributed by atoms with Gasteiger partial charge in [0, 0.05) is 18.2 Å². The second-order valence-corrected chi connectivity index (χ2v) is 7.37. The summed E-state index contributed by atoms with van der Waals surface area (Å²) in [5.41, 5.74) is 3.90. The molecule has 0 radical (unpaired) electrons. The SMILES string of the molecule is O=C(Nc1cccc2c1C[C@@H](O)C2)N[C@@H]1CC[C@@H](c2cccc(F)c2)C1. The van der Waals surface area contributed by atoms with Gasteiger partial charge in [0.2, 0.25) is 0 Å². The summed E-state index contributed by atoms with van der Waals surface area (Å²) in [6.07, 6.45) is 3.52. The van der Waals surface area contributed by atoms with Crippen molar-refractivity contribution in [3.8, 4) is 0 Å². The number of carbonyl (C=O) groups is 1. The Morgan fingerprint density at radius 2 is 1.96 bits per heavy atom. The monoisotopic (exact) mass is 354 g/mol. The number of fused-ring (bicyclic) bond motifs is 1. The first-order chi connectivity index (χ1) is 12.6. The lowest BCUT2D eigenvalue weighted by atomic mass is 9.97. The van der Waals surface area contributed by atoms with Crippen LogP contribution in [0.3, 0.4) is 0 Å². The molecule has 2 aromatic carbocycles. The molecular formula is C21H23FN2O2. The third-order valence-corrected chi connectivity index (χ3v) is 5.50. The Hall–Kier alpha value is -2.40. The van der Waals surface area contributed by atoms with Gasteiger partial charge in [-0.15, -0.1) is 0 Å². The molecule has 0 aliphatic heterocycles. The predicted octanol–water partition coefficient (Wildman–Crippen LogP) is 3.74. The topological polar surface area (TPSA) is 61.4 Å². The second kappa shape index (κ2) is 7.08. The van der Waals surface area contributed by atoms with Crippen molar-refractivity contribution < 1.29 is 14.3 Å². The summed E-state index contributed by atoms with van der Waals surface area (Å²) in [6.45, 7) is 0. The molecule has 2 aliphatic carbocycles. The number of halogens is 1. The standard InChI is InChI=1S/C21H23FN2O2/c22-16-5-1-3-13(9-16)14-7-8-17(10-14)23-21(26)24-20-6-2-4-15-11-18(25)12-19(15)20/h1-6,9,14,17-18,25H,7-8,10-12H2,(H2,23,24,26)/t14-,17-,18+/m1/s1. The highest BCUT2D eigenvalue weighted by atomic mass is 19.1. The number of benzene rings is 2. The number of urea groups is 1. The van der Waals surface area contributed by atoms with Crippen molar-refractivity contribution in [3.63, 3.8) is 0 Å². The Morgan fingerprint density at radius 1 is 1.12 bits per heavy atom. The predicted molar refractivity (Wildman–Crippen MR) is 98.8 cm³/mol. The van der Waals surface area contributed by atoms with Gasteiger partial charge in [-0.25, -0.2) is 9.18 Å². The van der Waals surface area contributed by atoms with Crippen LogP contribution in [0.5, 0.6) is 0 Å². The van der Waals surface area contributed by atoms with E-state index in [1.54, 1.807) is 12.1 Å². The van der Waals surface area contributed by atoms with Crippen molar-refractivity contribution in [1.82, 2.24) is 5.32 Å². The van der Waals surface area contributed by atoms with Crippen molar-refractivity contribution >= 4 is 11.7 Å². The lowest BCUT2D eigenvalue weighted by Crippen LogP contribution is -2.36. The van der Waals surface area contributed by atoms with E-state index in [-0.39, 0.29) is 29.9 Å². The van der Waals surface area contributed by atoms with Gasteiger partial charge in [0.25, 0.3) is 0 Å². The summed E-state index contributed by atoms with van der Waals surface area (Å²) >= 11 is 0. The Bertz CT molecular complexity index is 823. The maximum absolute atomic E-state index is 13.4. The summed E-state index contributed by atoms with van der Waals surface area (Å²) in [4.78, 5) is 12.4. The molecule has 136 valence electrons. The van der Waals surface area contributed by atoms with Crippen molar-refractivity contribution in [3.05, 3.63) is 65.0 Å². The van der Waals surface area contributed by atoms with Gasteiger partial charge in [-0.1, -0.05) is 24.3 Å². The lowest BCUT2D eigenvalue weighted by Gasteiger charge is -2.16. The molecule has 0 spiro atoms. The lowest BCUT2D eigenvalue weighted by molar-refractivity contribution is 0.187. The third-order valence-electron chi connectivity index (χ3n) is 5.50. The van der Waals surface area contributed by atoms with Crippen molar-refractivity contribution in [1.29, 1.82) is 0 Å². The molecule has 0 unspecified atom stereocenters. The summed E-state index contributed by atoms with van der Waals surface area (Å²) in [5.74, 6) is 0.0730. The molecule has 4 rings (SSSR count). The van der Waals surface area contributed by atoms with E-state index in [2.05, 4.69) is 10.6 Å². The van der Waals surface area contributed by atoms with Crippen LogP contribution >= 0.6 is 0 Å². The van der Waals surface area contributed by atoms with E-state index in [9.17, 15) is 14.3 Å². The van der Waals surface area contributed by atoms with Crippen molar-refractivity contribution in [2.75, 3.05) is 5.32 Å². The van der Waals surface area contributed by atoms with Crippen molar-refractivity contribution in [2.24, 2.45) is 0 Å². The first kappa shape index (κ1) is 17.0. The number of aliphatic hydroxyl groups excluding tert-OH is 1. The zero-order valence-corrected chi connectivity index (χ0v) is 14.5. The van der Waals surface area contributed by atoms with Gasteiger partial charge in [-0.3, -0.25) is 0 Å². The number of nitrogens with one attached hydrogen (secondary N) is 2. The van der Waals surface area contributed by atoms with E-state index in [1.165, 1.54) is 6.07 Å². The van der Waals surface area contributed by atoms with E-state index in [0.717, 1.165) is 41.6 Å². The Morgan fingerprint density at radius 3 is 2.81 bits per heavy atom. The highest BCUT2D eigenvalue weighted by Gasteiger charge is 2.28. The second-order valence-electron chi connectivity index (χ2n) is 7.37. The Labute approximate surface area is 152 Å². The number of carbonyl (C=O) groups excluding carboxylic acids is 1. The van der Waals surface area contributed by atoms with Crippen LogP contribution in [-0.2, 0) is 12.8 Å². The zero-order valence-electron chi connectivity index (χ0n) is 14.5. The zero-order chi connectivity index (χ0) is 18.1. The average molecular weight is 354 g/mol. The maximum atomic E-state index is 13.4. The van der Waals surface area contributed by atoms with Crippen LogP contribution in [0.25, 0.3) is 0 Å². The van der Waals surface area contributed by atoms with Gasteiger partial charge >= 0.3 is 6.03 Å². The van der Waals surface area contributed by atoms with Crippen molar-refractivity contribution in [2.45, 2.75) is 50.2 Å². The van der Waals surface area contributed by atoms with Gasteiger partial charge in [-0.2, -0.15) is 0 Å². The highest BCUT2D eigenvalue weighted by molar-refractivity contribution is 5.90. The van der Waals surface area contributed by atoms with E-state index in [4.69, 9.17) is 0 Å². The van der Waals surface area contributed by atoms with E-state index >= 15 is 0 Å². The van der Waals surface area contributed by atoms with Gasteiger partial charge in [0.15, 0.2) is 0 Å². The quantitative estimate of drug-likeness (QED) is 0.786. The molecule has 4 nitrogen and oxygen atoms in total. The van der Waals surface area contributed by atoms with Crippen LogP contribution in [0, 0.1) is 5.82 Å². The molecule has 0 heterocycles. The van der Waals surface area contributed by atoms with E-state index in [1.807, 2.05) is 24.3 Å². The summed E-state index contributed by atoms with van der Waals surface area (Å²) in [6, 6.07) is 12.4. The molecule has 5 heteroatoms. The molecular weight excluding hydrogens is 331 g/mol. The number of hydrogen-bond acceptors (Lipinski definition) is 2. The van der Waals surface area contributed by atoms with E-state index < -0.39 is 0 Å². The molecule has 1 fully saturated rings. The fourth-order valence-electron chi connectivity index (χ4n) is 4.27. The molecule has 2 amide bonds. The fraction of sp³-hybridized carbons (Fsp3) is 0.381. The minimum absolute atomic E-state index is 0.0885. The summed E-state index contributed by atoms with van der Waals surface area (Å²) < 4.78 is 13.4. The number of hydrogen-bond donors (Lipinski definition) is 3. The van der Waals surface area contributed by atoms with Crippen LogP contribution < -0.4 is 10.6 Å². The third kappa shape index (κ3) is 3.58. The van der Waals surface area contributed by atoms with Gasteiger partial charge < -0.3 is 15.7 Å². The molecule has 0 aromatic heterocycles. The maximum Gasteiger partial charge on any atom is 0.319 e. The molecule has 2 aromatic rings. The largest absolute Gasteiger partial charge is 0.392 e. The number of anilines is 1. The minimum Gasteiger partial charge on any atom is -0.392 e. The molecule has 2 aliphatic rings. The normalized spacial score (nSPS) is 24.3. The first-order valence-electron chi connectivity index (χ1n) is 9.20. The van der Waals surface area contributed by atoms with Gasteiger partial charge in [-0.05, 0) is 66.5 Å². The smallest absolute Gasteiger partial charge is 0.319 e. The first-order valence-corrected chi connectivity index (χ1v) is 9.20. The van der Waals surface area contributed by atoms with E-state index in [0.29, 0.717) is 12.8 Å². The molecule has 26 heavy (non-hydrogen) atoms. The molecule has 0 saturated heterocycles. The molecule has 0 bridgehead atoms. The van der Waals surface area contributed by atoms with Crippen LogP contribution in [0.2, 0.25) is 0 Å². The average Bonchev–Trinajstić information content (AvgIpc) is 3.21. The molecule has 3 N–H and O–H groups in total. The number of rotatable bonds is 3. The summed E-state index contributed by atoms with van der Waals surface area (Å²) in [7, 11) is 0. The Balaban J connectivity index is 1.36. The number of amides is 2. The van der Waals surface area contributed by atoms with Crippen LogP contribution in [0.1, 0.15) is 41.9 Å². The van der Waals surface area contributed by atoms with Crippen LogP contribution in [0.15, 0.2) is 42.5 Å². The fourth-order valence-corrected chi connectivity index (χ4v) is 4.27. The highest BCUT2D eigenvalue weighted by Crippen LogP contribution is 2.35. The van der Waals surface area contributed by atoms with Gasteiger partial charge in [0.1, 0.15) is 5.82 Å². The number of aliphatic hydroxyl groups is 1. The molecule has 3 atom stereocenters. The van der Waals surface area contributed by atoms with Crippen LogP contribution in [0.4, 0.5) is 14.9 Å². The van der Waals surface area contributed by atoms with Gasteiger partial charge in [0.05, 0.1) is 6.10 Å². The summed E-state index contributed by atoms with van der Waals surface area (Å²) in [5, 5.41) is 15.8. The molecule has 1 saturated carbocycles. The van der Waals surface area contributed by atoms with Crippen LogP contribution in [-0.4, -0.2) is 23.3 Å². The minimum atomic E-state index is -0.363.